The topological polar surface area (TPSA) is 83.3 Å². The van der Waals surface area contributed by atoms with E-state index in [-0.39, 0.29) is 5.69 Å². The van der Waals surface area contributed by atoms with E-state index >= 15 is 0 Å². The van der Waals surface area contributed by atoms with Crippen molar-refractivity contribution in [2.24, 2.45) is 0 Å². The summed E-state index contributed by atoms with van der Waals surface area (Å²) in [7, 11) is 0. The van der Waals surface area contributed by atoms with Crippen molar-refractivity contribution < 1.29 is 4.92 Å². The number of fused-ring (bicyclic) bond motifs is 1. The fourth-order valence-corrected chi connectivity index (χ4v) is 3.59. The van der Waals surface area contributed by atoms with E-state index in [0.717, 1.165) is 49.2 Å². The van der Waals surface area contributed by atoms with Crippen molar-refractivity contribution in [1.82, 2.24) is 15.2 Å². The Balaban J connectivity index is 1.78. The van der Waals surface area contributed by atoms with Crippen molar-refractivity contribution in [2.45, 2.75) is 26.7 Å². The van der Waals surface area contributed by atoms with Crippen LogP contribution in [0.2, 0.25) is 0 Å². The first-order valence-electron chi connectivity index (χ1n) is 8.35. The minimum absolute atomic E-state index is 0.0663. The number of hydrogen-bond donors (Lipinski definition) is 2. The van der Waals surface area contributed by atoms with Gasteiger partial charge in [-0.05, 0) is 50.8 Å². The van der Waals surface area contributed by atoms with Crippen LogP contribution >= 0.6 is 23.6 Å². The molecule has 1 aromatic carbocycles. The maximum atomic E-state index is 10.8. The highest BCUT2D eigenvalue weighted by Gasteiger charge is 2.10. The molecule has 2 rings (SSSR count). The third-order valence-electron chi connectivity index (χ3n) is 3.88. The lowest BCUT2D eigenvalue weighted by atomic mass is 10.3. The van der Waals surface area contributed by atoms with Gasteiger partial charge in [0.2, 0.25) is 0 Å². The highest BCUT2D eigenvalue weighted by Crippen LogP contribution is 2.28. The molecule has 0 aliphatic rings. The molecule has 1 heterocycles. The van der Waals surface area contributed by atoms with Crippen LogP contribution in [0.1, 0.15) is 26.7 Å². The smallest absolute Gasteiger partial charge is 0.270 e. The number of anilines is 1. The van der Waals surface area contributed by atoms with E-state index in [0.29, 0.717) is 10.2 Å². The number of non-ortho nitro benzene ring substituents is 1. The second-order valence-electron chi connectivity index (χ2n) is 5.54. The number of aromatic nitrogens is 1. The Kier molecular flexibility index (Phi) is 7.48. The molecule has 25 heavy (non-hydrogen) atoms. The van der Waals surface area contributed by atoms with Crippen molar-refractivity contribution in [3.8, 4) is 0 Å². The largest absolute Gasteiger partial charge is 0.362 e. The summed E-state index contributed by atoms with van der Waals surface area (Å²) < 4.78 is 0.763. The van der Waals surface area contributed by atoms with E-state index in [9.17, 15) is 10.1 Å². The summed E-state index contributed by atoms with van der Waals surface area (Å²) in [5.74, 6) is 0. The molecule has 2 N–H and O–H groups in total. The van der Waals surface area contributed by atoms with Crippen LogP contribution in [0, 0.1) is 10.1 Å². The number of nitro groups is 1. The second kappa shape index (κ2) is 9.59. The van der Waals surface area contributed by atoms with Crippen molar-refractivity contribution in [3.63, 3.8) is 0 Å². The van der Waals surface area contributed by atoms with Gasteiger partial charge in [0.05, 0.1) is 15.1 Å². The highest BCUT2D eigenvalue weighted by molar-refractivity contribution is 7.80. The van der Waals surface area contributed by atoms with Crippen molar-refractivity contribution >= 4 is 49.7 Å². The van der Waals surface area contributed by atoms with Crippen LogP contribution in [0.3, 0.4) is 0 Å². The molecule has 0 unspecified atom stereocenters. The Morgan fingerprint density at radius 3 is 2.80 bits per heavy atom. The zero-order valence-electron chi connectivity index (χ0n) is 14.4. The van der Waals surface area contributed by atoms with Gasteiger partial charge in [0.15, 0.2) is 10.2 Å². The fraction of sp³-hybridized carbons (Fsp3) is 0.500. The number of benzene rings is 1. The molecule has 0 radical (unpaired) electrons. The molecule has 0 saturated carbocycles. The lowest BCUT2D eigenvalue weighted by molar-refractivity contribution is -0.384. The molecule has 2 aromatic rings. The van der Waals surface area contributed by atoms with Crippen LogP contribution in [0.25, 0.3) is 10.2 Å². The van der Waals surface area contributed by atoms with E-state index < -0.39 is 4.92 Å². The van der Waals surface area contributed by atoms with Gasteiger partial charge < -0.3 is 15.5 Å². The third kappa shape index (κ3) is 5.87. The highest BCUT2D eigenvalue weighted by atomic mass is 32.1. The Morgan fingerprint density at radius 1 is 1.36 bits per heavy atom. The number of rotatable bonds is 9. The van der Waals surface area contributed by atoms with Crippen molar-refractivity contribution in [1.29, 1.82) is 0 Å². The van der Waals surface area contributed by atoms with Crippen molar-refractivity contribution in [2.75, 3.05) is 31.5 Å². The number of nitro benzene ring substituents is 1. The van der Waals surface area contributed by atoms with Gasteiger partial charge >= 0.3 is 0 Å². The number of unbranched alkanes of at least 4 members (excludes halogenated alkanes) is 1. The zero-order chi connectivity index (χ0) is 18.2. The Hall–Kier alpha value is -1.84. The number of nitrogens with one attached hydrogen (secondary N) is 2. The van der Waals surface area contributed by atoms with Gasteiger partial charge in [0.25, 0.3) is 5.69 Å². The van der Waals surface area contributed by atoms with Crippen LogP contribution in [-0.2, 0) is 0 Å². The molecule has 1 aromatic heterocycles. The van der Waals surface area contributed by atoms with Gasteiger partial charge in [0.1, 0.15) is 0 Å². The first kappa shape index (κ1) is 19.5. The van der Waals surface area contributed by atoms with Crippen LogP contribution < -0.4 is 10.6 Å². The van der Waals surface area contributed by atoms with E-state index in [1.807, 2.05) is 0 Å². The SMILES string of the molecule is CCN(CC)CCCCNC(=S)Nc1nc2ccc([N+](=O)[O-])cc2s1. The predicted octanol–water partition coefficient (Wildman–Crippen LogP) is 3.61. The molecular formula is C16H23N5O2S2. The van der Waals surface area contributed by atoms with Crippen LogP contribution in [-0.4, -0.2) is 46.1 Å². The minimum atomic E-state index is -0.406. The predicted molar refractivity (Wildman–Crippen MR) is 108 cm³/mol. The number of thiocarbonyl (C=S) groups is 1. The third-order valence-corrected chi connectivity index (χ3v) is 5.06. The average Bonchev–Trinajstić information content (AvgIpc) is 2.99. The summed E-state index contributed by atoms with van der Waals surface area (Å²) in [4.78, 5) is 17.2. The lowest BCUT2D eigenvalue weighted by Crippen LogP contribution is -2.30. The minimum Gasteiger partial charge on any atom is -0.362 e. The first-order valence-corrected chi connectivity index (χ1v) is 9.58. The standard InChI is InChI=1S/C16H23N5O2S2/c1-3-20(4-2)10-6-5-9-17-15(24)19-16-18-13-8-7-12(21(22)23)11-14(13)25-16/h7-8,11H,3-6,9-10H2,1-2H3,(H2,17,18,19,24). The van der Waals surface area contributed by atoms with E-state index in [1.54, 1.807) is 6.07 Å². The van der Waals surface area contributed by atoms with Gasteiger partial charge in [-0.3, -0.25) is 10.1 Å². The molecule has 7 nitrogen and oxygen atoms in total. The monoisotopic (exact) mass is 381 g/mol. The molecule has 0 saturated heterocycles. The van der Waals surface area contributed by atoms with Gasteiger partial charge in [0, 0.05) is 18.7 Å². The maximum Gasteiger partial charge on any atom is 0.270 e. The average molecular weight is 382 g/mol. The first-order chi connectivity index (χ1) is 12.0. The second-order valence-corrected chi connectivity index (χ2v) is 6.98. The number of thiazole rings is 1. The summed E-state index contributed by atoms with van der Waals surface area (Å²) >= 11 is 6.63. The Morgan fingerprint density at radius 2 is 2.12 bits per heavy atom. The Labute approximate surface area is 156 Å². The van der Waals surface area contributed by atoms with Gasteiger partial charge in [-0.25, -0.2) is 4.98 Å². The molecule has 9 heteroatoms. The fourth-order valence-electron chi connectivity index (χ4n) is 2.42. The van der Waals surface area contributed by atoms with Crippen LogP contribution in [0.15, 0.2) is 18.2 Å². The zero-order valence-corrected chi connectivity index (χ0v) is 16.1. The van der Waals surface area contributed by atoms with E-state index in [4.69, 9.17) is 12.2 Å². The molecule has 0 aliphatic heterocycles. The quantitative estimate of drug-likeness (QED) is 0.297. The number of nitrogens with zero attached hydrogens (tertiary/aromatic N) is 3. The molecular weight excluding hydrogens is 358 g/mol. The molecule has 0 amide bonds. The Bertz CT molecular complexity index is 730. The summed E-state index contributed by atoms with van der Waals surface area (Å²) in [6, 6.07) is 4.64. The van der Waals surface area contributed by atoms with E-state index in [2.05, 4.69) is 34.4 Å². The summed E-state index contributed by atoms with van der Waals surface area (Å²) in [6.07, 6.45) is 2.17. The van der Waals surface area contributed by atoms with Crippen LogP contribution in [0.5, 0.6) is 0 Å². The maximum absolute atomic E-state index is 10.8. The number of hydrogen-bond acceptors (Lipinski definition) is 6. The summed E-state index contributed by atoms with van der Waals surface area (Å²) in [5, 5.41) is 18.2. The van der Waals surface area contributed by atoms with Gasteiger partial charge in [-0.1, -0.05) is 25.2 Å². The van der Waals surface area contributed by atoms with E-state index in [1.165, 1.54) is 23.5 Å². The van der Waals surface area contributed by atoms with Gasteiger partial charge in [-0.15, -0.1) is 0 Å². The normalized spacial score (nSPS) is 11.0. The molecule has 136 valence electrons. The molecule has 0 fully saturated rings. The molecule has 0 aliphatic carbocycles. The van der Waals surface area contributed by atoms with Crippen LogP contribution in [0.4, 0.5) is 10.8 Å². The van der Waals surface area contributed by atoms with Crippen molar-refractivity contribution in [3.05, 3.63) is 28.3 Å². The molecule has 0 bridgehead atoms. The lowest BCUT2D eigenvalue weighted by Gasteiger charge is -2.17. The summed E-state index contributed by atoms with van der Waals surface area (Å²) in [6.45, 7) is 8.43. The molecule has 0 spiro atoms. The molecule has 0 atom stereocenters. The summed E-state index contributed by atoms with van der Waals surface area (Å²) in [5.41, 5.74) is 0.789. The van der Waals surface area contributed by atoms with Gasteiger partial charge in [-0.2, -0.15) is 0 Å².